The third-order valence-electron chi connectivity index (χ3n) is 4.90. The zero-order valence-corrected chi connectivity index (χ0v) is 10.1. The van der Waals surface area contributed by atoms with Crippen molar-refractivity contribution in [1.82, 2.24) is 0 Å². The van der Waals surface area contributed by atoms with Gasteiger partial charge in [0.25, 0.3) is 0 Å². The Hall–Kier alpha value is -0.990. The van der Waals surface area contributed by atoms with Crippen LogP contribution in [-0.2, 0) is 4.79 Å². The van der Waals surface area contributed by atoms with Crippen LogP contribution in [0.2, 0.25) is 0 Å². The van der Waals surface area contributed by atoms with Crippen molar-refractivity contribution in [3.05, 3.63) is 11.3 Å². The second-order valence-electron chi connectivity index (χ2n) is 5.55. The molecule has 0 amide bonds. The minimum absolute atomic E-state index is 0.0314. The number of carboxylic acid groups (broad SMARTS) is 1. The molecular formula is C13H21NO2. The highest BCUT2D eigenvalue weighted by Gasteiger charge is 2.48. The fraction of sp³-hybridized carbons (Fsp3) is 0.769. The minimum Gasteiger partial charge on any atom is -0.481 e. The fourth-order valence-electron chi connectivity index (χ4n) is 3.67. The van der Waals surface area contributed by atoms with Gasteiger partial charge in [0.1, 0.15) is 0 Å². The monoisotopic (exact) mass is 223 g/mol. The lowest BCUT2D eigenvalue weighted by atomic mass is 9.55. The van der Waals surface area contributed by atoms with E-state index in [1.165, 1.54) is 5.57 Å². The van der Waals surface area contributed by atoms with Gasteiger partial charge < -0.3 is 10.8 Å². The highest BCUT2D eigenvalue weighted by molar-refractivity contribution is 5.71. The lowest BCUT2D eigenvalue weighted by Crippen LogP contribution is -2.44. The molecule has 3 nitrogen and oxygen atoms in total. The van der Waals surface area contributed by atoms with E-state index >= 15 is 0 Å². The molecule has 2 aliphatic rings. The van der Waals surface area contributed by atoms with Crippen LogP contribution >= 0.6 is 0 Å². The van der Waals surface area contributed by atoms with Gasteiger partial charge in [0.2, 0.25) is 0 Å². The number of fused-ring (bicyclic) bond motifs is 1. The van der Waals surface area contributed by atoms with E-state index in [-0.39, 0.29) is 17.3 Å². The van der Waals surface area contributed by atoms with Crippen molar-refractivity contribution >= 4 is 5.97 Å². The highest BCUT2D eigenvalue weighted by atomic mass is 16.4. The Morgan fingerprint density at radius 1 is 1.50 bits per heavy atom. The summed E-state index contributed by atoms with van der Waals surface area (Å²) in [7, 11) is 0. The summed E-state index contributed by atoms with van der Waals surface area (Å²) < 4.78 is 0. The van der Waals surface area contributed by atoms with Crippen LogP contribution in [-0.4, -0.2) is 11.1 Å². The first-order valence-corrected chi connectivity index (χ1v) is 6.15. The van der Waals surface area contributed by atoms with Crippen molar-refractivity contribution in [1.29, 1.82) is 0 Å². The Kier molecular flexibility index (Phi) is 2.72. The van der Waals surface area contributed by atoms with Crippen LogP contribution < -0.4 is 5.73 Å². The molecule has 16 heavy (non-hydrogen) atoms. The predicted molar refractivity (Wildman–Crippen MR) is 62.7 cm³/mol. The normalized spacial score (nSPS) is 39.4. The maximum Gasteiger partial charge on any atom is 0.306 e. The molecule has 0 bridgehead atoms. The summed E-state index contributed by atoms with van der Waals surface area (Å²) in [6.07, 6.45) is 4.75. The van der Waals surface area contributed by atoms with Gasteiger partial charge >= 0.3 is 5.97 Å². The lowest BCUT2D eigenvalue weighted by Gasteiger charge is -2.49. The summed E-state index contributed by atoms with van der Waals surface area (Å²) >= 11 is 0. The van der Waals surface area contributed by atoms with E-state index in [1.807, 2.05) is 0 Å². The molecule has 90 valence electrons. The predicted octanol–water partition coefficient (Wildman–Crippen LogP) is 2.52. The topological polar surface area (TPSA) is 63.3 Å². The molecule has 0 aromatic carbocycles. The molecule has 3 unspecified atom stereocenters. The van der Waals surface area contributed by atoms with Gasteiger partial charge in [0.15, 0.2) is 0 Å². The molecule has 1 fully saturated rings. The third-order valence-corrected chi connectivity index (χ3v) is 4.90. The summed E-state index contributed by atoms with van der Waals surface area (Å²) in [6, 6.07) is 0. The number of carbonyl (C=O) groups is 1. The maximum absolute atomic E-state index is 11.3. The molecule has 2 rings (SSSR count). The summed E-state index contributed by atoms with van der Waals surface area (Å²) in [5, 5.41) is 9.30. The molecule has 0 radical (unpaired) electrons. The van der Waals surface area contributed by atoms with Gasteiger partial charge in [0, 0.05) is 5.70 Å². The highest BCUT2D eigenvalue weighted by Crippen LogP contribution is 2.54. The molecule has 3 N–H and O–H groups in total. The van der Waals surface area contributed by atoms with Crippen LogP contribution in [0.1, 0.15) is 46.0 Å². The van der Waals surface area contributed by atoms with Crippen LogP contribution in [0.25, 0.3) is 0 Å². The van der Waals surface area contributed by atoms with E-state index < -0.39 is 5.97 Å². The van der Waals surface area contributed by atoms with Crippen molar-refractivity contribution < 1.29 is 9.90 Å². The first-order valence-electron chi connectivity index (χ1n) is 6.15. The molecule has 0 aromatic rings. The zero-order chi connectivity index (χ0) is 11.9. The van der Waals surface area contributed by atoms with E-state index in [1.54, 1.807) is 0 Å². The van der Waals surface area contributed by atoms with E-state index in [2.05, 4.69) is 13.8 Å². The Balaban J connectivity index is 2.37. The Morgan fingerprint density at radius 3 is 2.81 bits per heavy atom. The van der Waals surface area contributed by atoms with Gasteiger partial charge in [-0.1, -0.05) is 13.3 Å². The van der Waals surface area contributed by atoms with Crippen molar-refractivity contribution in [3.63, 3.8) is 0 Å². The van der Waals surface area contributed by atoms with E-state index in [9.17, 15) is 9.90 Å². The van der Waals surface area contributed by atoms with E-state index in [0.29, 0.717) is 0 Å². The summed E-state index contributed by atoms with van der Waals surface area (Å²) in [5.41, 5.74) is 8.29. The molecule has 0 spiro atoms. The van der Waals surface area contributed by atoms with Gasteiger partial charge in [-0.3, -0.25) is 4.79 Å². The number of allylic oxidation sites excluding steroid dienone is 2. The molecule has 3 atom stereocenters. The average molecular weight is 223 g/mol. The minimum atomic E-state index is -0.621. The summed E-state index contributed by atoms with van der Waals surface area (Å²) in [6.45, 7) is 4.29. The number of rotatable bonds is 1. The van der Waals surface area contributed by atoms with Crippen molar-refractivity contribution in [2.45, 2.75) is 46.0 Å². The summed E-state index contributed by atoms with van der Waals surface area (Å²) in [5.74, 6) is -0.503. The number of hydrogen-bond donors (Lipinski definition) is 2. The van der Waals surface area contributed by atoms with Gasteiger partial charge in [-0.05, 0) is 49.5 Å². The Bertz CT molecular complexity index is 348. The van der Waals surface area contributed by atoms with Crippen LogP contribution in [0.15, 0.2) is 11.3 Å². The van der Waals surface area contributed by atoms with Gasteiger partial charge in [-0.25, -0.2) is 0 Å². The van der Waals surface area contributed by atoms with Gasteiger partial charge in [0.05, 0.1) is 5.92 Å². The molecule has 0 heterocycles. The average Bonchev–Trinajstić information content (AvgIpc) is 2.24. The smallest absolute Gasteiger partial charge is 0.306 e. The van der Waals surface area contributed by atoms with Crippen LogP contribution in [0.3, 0.4) is 0 Å². The first-order chi connectivity index (χ1) is 7.47. The zero-order valence-electron chi connectivity index (χ0n) is 10.1. The van der Waals surface area contributed by atoms with Crippen LogP contribution in [0.5, 0.6) is 0 Å². The largest absolute Gasteiger partial charge is 0.481 e. The maximum atomic E-state index is 11.3. The Morgan fingerprint density at radius 2 is 2.19 bits per heavy atom. The van der Waals surface area contributed by atoms with Crippen LogP contribution in [0, 0.1) is 17.3 Å². The van der Waals surface area contributed by atoms with E-state index in [4.69, 9.17) is 5.73 Å². The van der Waals surface area contributed by atoms with Gasteiger partial charge in [-0.15, -0.1) is 0 Å². The van der Waals surface area contributed by atoms with E-state index in [0.717, 1.165) is 37.8 Å². The van der Waals surface area contributed by atoms with Crippen molar-refractivity contribution in [2.24, 2.45) is 23.0 Å². The van der Waals surface area contributed by atoms with Crippen LogP contribution in [0.4, 0.5) is 0 Å². The molecule has 3 heteroatoms. The molecule has 0 saturated heterocycles. The quantitative estimate of drug-likeness (QED) is 0.718. The standard InChI is InChI=1S/C13H21NO2/c1-8-11(14)6-5-10-9(12(15)16)4-3-7-13(8,10)2/h9-10H,3-7,14H2,1-2H3,(H,15,16). The van der Waals surface area contributed by atoms with Crippen molar-refractivity contribution in [2.75, 3.05) is 0 Å². The Labute approximate surface area is 96.7 Å². The third kappa shape index (κ3) is 1.53. The number of aliphatic carboxylic acids is 1. The second kappa shape index (κ2) is 3.79. The number of hydrogen-bond acceptors (Lipinski definition) is 2. The molecule has 1 saturated carbocycles. The number of nitrogens with two attached hydrogens (primary N) is 1. The second-order valence-corrected chi connectivity index (χ2v) is 5.55. The lowest BCUT2D eigenvalue weighted by molar-refractivity contribution is -0.147. The SMILES string of the molecule is CC1=C(N)CCC2C(C(=O)O)CCCC12C. The molecule has 0 aromatic heterocycles. The molecule has 0 aliphatic heterocycles. The fourth-order valence-corrected chi connectivity index (χ4v) is 3.67. The first kappa shape index (κ1) is 11.5. The molecular weight excluding hydrogens is 202 g/mol. The van der Waals surface area contributed by atoms with Crippen molar-refractivity contribution in [3.8, 4) is 0 Å². The molecule has 2 aliphatic carbocycles. The summed E-state index contributed by atoms with van der Waals surface area (Å²) in [4.78, 5) is 11.3. The van der Waals surface area contributed by atoms with Gasteiger partial charge in [-0.2, -0.15) is 0 Å². The number of carboxylic acids is 1.